The number of hydrogen-bond acceptors (Lipinski definition) is 0. The molecule has 20 heavy (non-hydrogen) atoms. The molecule has 0 amide bonds. The van der Waals surface area contributed by atoms with Crippen molar-refractivity contribution >= 4 is 42.0 Å². The molecule has 0 nitrogen and oxygen atoms in total. The van der Waals surface area contributed by atoms with Crippen LogP contribution in [0.15, 0.2) is 91.0 Å². The Balaban J connectivity index is 0.00000147. The monoisotopic (exact) mass is 249 g/mol. The molecule has 0 aliphatic rings. The van der Waals surface area contributed by atoms with Gasteiger partial charge in [0.1, 0.15) is 0 Å². The molecule has 0 N–H and O–H groups in total. The molecule has 0 aromatic heterocycles. The van der Waals surface area contributed by atoms with Crippen LogP contribution in [-0.2, 0) is 0 Å². The Morgan fingerprint density at radius 2 is 0.650 bits per heavy atom. The van der Waals surface area contributed by atoms with Gasteiger partial charge >= 0.3 is 0 Å². The van der Waals surface area contributed by atoms with Crippen LogP contribution in [0.4, 0.5) is 0 Å². The van der Waals surface area contributed by atoms with E-state index in [2.05, 4.69) is 91.0 Å². The average molecular weight is 249 g/mol. The first-order valence-electron chi connectivity index (χ1n) is 6.60. The Kier molecular flexibility index (Phi) is 5.30. The van der Waals surface area contributed by atoms with Crippen LogP contribution in [0.25, 0.3) is 0 Å². The van der Waals surface area contributed by atoms with Gasteiger partial charge in [0.25, 0.3) is 0 Å². The molecule has 2 heteroatoms. The smallest absolute Gasteiger partial charge is 0.0687 e. The zero-order valence-electron chi connectivity index (χ0n) is 11.7. The fourth-order valence-corrected chi connectivity index (χ4v) is 2.51. The molecule has 3 rings (SSSR count). The van der Waals surface area contributed by atoms with E-state index in [0.29, 0.717) is 6.71 Å². The van der Waals surface area contributed by atoms with Crippen molar-refractivity contribution in [2.45, 2.75) is 0 Å². The molecule has 0 saturated heterocycles. The minimum atomic E-state index is 0. The van der Waals surface area contributed by atoms with E-state index in [1.165, 1.54) is 16.4 Å². The number of rotatable bonds is 3. The van der Waals surface area contributed by atoms with Crippen LogP contribution >= 0.6 is 0 Å². The Bertz CT molecular complexity index is 529. The molecule has 0 atom stereocenters. The summed E-state index contributed by atoms with van der Waals surface area (Å²) in [5.74, 6) is 0. The molecule has 0 spiro atoms. The first-order chi connectivity index (χ1) is 9.45. The van der Waals surface area contributed by atoms with Gasteiger partial charge in [-0.2, -0.15) is 0 Å². The van der Waals surface area contributed by atoms with Gasteiger partial charge in [-0.1, -0.05) is 107 Å². The first kappa shape index (κ1) is 14.7. The van der Waals surface area contributed by atoms with Crippen LogP contribution in [0.2, 0.25) is 0 Å². The van der Waals surface area contributed by atoms with Crippen LogP contribution < -0.4 is 16.4 Å². The Labute approximate surface area is 133 Å². The van der Waals surface area contributed by atoms with Crippen LogP contribution in [0.5, 0.6) is 0 Å². The molecular formula is C18H15BLi. The molecule has 3 aromatic rings. The van der Waals surface area contributed by atoms with E-state index in [0.717, 1.165) is 0 Å². The largest absolute Gasteiger partial charge is 0.241 e. The third-order valence-electron chi connectivity index (χ3n) is 3.40. The van der Waals surface area contributed by atoms with Gasteiger partial charge in [-0.15, -0.1) is 0 Å². The molecule has 0 unspecified atom stereocenters. The molecule has 0 aliphatic carbocycles. The SMILES string of the molecule is [Li].c1ccc(B(c2ccccc2)c2ccccc2)cc1. The van der Waals surface area contributed by atoms with Crippen LogP contribution in [-0.4, -0.2) is 25.6 Å². The molecule has 0 heterocycles. The van der Waals surface area contributed by atoms with E-state index in [4.69, 9.17) is 0 Å². The first-order valence-corrected chi connectivity index (χ1v) is 6.60. The predicted octanol–water partition coefficient (Wildman–Crippen LogP) is 1.82. The Morgan fingerprint density at radius 1 is 0.400 bits per heavy atom. The van der Waals surface area contributed by atoms with Gasteiger partial charge in [0.15, 0.2) is 0 Å². The molecule has 3 aromatic carbocycles. The second-order valence-electron chi connectivity index (χ2n) is 4.67. The van der Waals surface area contributed by atoms with Crippen molar-refractivity contribution < 1.29 is 0 Å². The molecular weight excluding hydrogens is 234 g/mol. The summed E-state index contributed by atoms with van der Waals surface area (Å²) in [5, 5.41) is 0. The molecule has 0 aliphatic heterocycles. The van der Waals surface area contributed by atoms with Crippen molar-refractivity contribution in [3.05, 3.63) is 91.0 Å². The maximum atomic E-state index is 2.20. The van der Waals surface area contributed by atoms with Crippen LogP contribution in [0.1, 0.15) is 0 Å². The van der Waals surface area contributed by atoms with E-state index in [-0.39, 0.29) is 18.9 Å². The normalized spacial score (nSPS) is 9.60. The van der Waals surface area contributed by atoms with Crippen molar-refractivity contribution in [2.75, 3.05) is 0 Å². The van der Waals surface area contributed by atoms with Crippen molar-refractivity contribution in [1.82, 2.24) is 0 Å². The fourth-order valence-electron chi connectivity index (χ4n) is 2.51. The van der Waals surface area contributed by atoms with E-state index in [1.807, 2.05) is 0 Å². The summed E-state index contributed by atoms with van der Waals surface area (Å²) in [7, 11) is 0. The molecule has 91 valence electrons. The van der Waals surface area contributed by atoms with Crippen LogP contribution in [0.3, 0.4) is 0 Å². The maximum absolute atomic E-state index is 2.20. The van der Waals surface area contributed by atoms with Gasteiger partial charge in [-0.25, -0.2) is 0 Å². The number of hydrogen-bond donors (Lipinski definition) is 0. The van der Waals surface area contributed by atoms with E-state index in [9.17, 15) is 0 Å². The predicted molar refractivity (Wildman–Crippen MR) is 89.7 cm³/mol. The van der Waals surface area contributed by atoms with Gasteiger partial charge in [0, 0.05) is 18.9 Å². The number of benzene rings is 3. The standard InChI is InChI=1S/C18H15B.Li/c1-4-10-16(11-5-1)19(17-12-6-2-7-13-17)18-14-8-3-9-15-18;/h1-15H;. The quantitative estimate of drug-likeness (QED) is 0.621. The van der Waals surface area contributed by atoms with E-state index < -0.39 is 0 Å². The van der Waals surface area contributed by atoms with E-state index in [1.54, 1.807) is 0 Å². The second-order valence-corrected chi connectivity index (χ2v) is 4.67. The topological polar surface area (TPSA) is 0 Å². The summed E-state index contributed by atoms with van der Waals surface area (Å²) in [5.41, 5.74) is 4.00. The summed E-state index contributed by atoms with van der Waals surface area (Å²) in [6.07, 6.45) is 0. The Hall–Kier alpha value is -1.68. The summed E-state index contributed by atoms with van der Waals surface area (Å²) in [6.45, 7) is 0.309. The van der Waals surface area contributed by atoms with Gasteiger partial charge in [0.05, 0.1) is 0 Å². The van der Waals surface area contributed by atoms with Crippen molar-refractivity contribution in [2.24, 2.45) is 0 Å². The average Bonchev–Trinajstić information content (AvgIpc) is 2.51. The molecule has 0 saturated carbocycles. The molecule has 0 bridgehead atoms. The van der Waals surface area contributed by atoms with Gasteiger partial charge in [0.2, 0.25) is 6.71 Å². The maximum Gasteiger partial charge on any atom is 0.241 e. The van der Waals surface area contributed by atoms with Crippen LogP contribution in [0, 0.1) is 0 Å². The zero-order valence-corrected chi connectivity index (χ0v) is 11.7. The minimum Gasteiger partial charge on any atom is -0.0687 e. The molecule has 1 radical (unpaired) electrons. The third kappa shape index (κ3) is 3.25. The fraction of sp³-hybridized carbons (Fsp3) is 0. The third-order valence-corrected chi connectivity index (χ3v) is 3.40. The summed E-state index contributed by atoms with van der Waals surface area (Å²) in [6, 6.07) is 32.0. The van der Waals surface area contributed by atoms with Gasteiger partial charge < -0.3 is 0 Å². The van der Waals surface area contributed by atoms with Gasteiger partial charge in [-0.05, 0) is 0 Å². The van der Waals surface area contributed by atoms with Crippen molar-refractivity contribution in [3.63, 3.8) is 0 Å². The summed E-state index contributed by atoms with van der Waals surface area (Å²) < 4.78 is 0. The van der Waals surface area contributed by atoms with Crippen molar-refractivity contribution in [1.29, 1.82) is 0 Å². The zero-order chi connectivity index (χ0) is 12.9. The van der Waals surface area contributed by atoms with E-state index >= 15 is 0 Å². The minimum absolute atomic E-state index is 0. The molecule has 0 fully saturated rings. The summed E-state index contributed by atoms with van der Waals surface area (Å²) in [4.78, 5) is 0. The Morgan fingerprint density at radius 3 is 0.900 bits per heavy atom. The van der Waals surface area contributed by atoms with Crippen molar-refractivity contribution in [3.8, 4) is 0 Å². The van der Waals surface area contributed by atoms with Gasteiger partial charge in [-0.3, -0.25) is 0 Å². The summed E-state index contributed by atoms with van der Waals surface area (Å²) >= 11 is 0. The second kappa shape index (κ2) is 7.20.